The van der Waals surface area contributed by atoms with Crippen LogP contribution in [-0.2, 0) is 5.41 Å². The average molecular weight is 245 g/mol. The molecule has 0 aliphatic heterocycles. The van der Waals surface area contributed by atoms with Gasteiger partial charge in [0.05, 0.1) is 7.11 Å². The number of nitrogens with one attached hydrogen (secondary N) is 1. The van der Waals surface area contributed by atoms with Crippen molar-refractivity contribution >= 4 is 0 Å². The van der Waals surface area contributed by atoms with E-state index in [1.165, 1.54) is 36.8 Å². The van der Waals surface area contributed by atoms with Crippen LogP contribution in [0, 0.1) is 12.3 Å². The highest BCUT2D eigenvalue weighted by molar-refractivity contribution is 5.46. The van der Waals surface area contributed by atoms with E-state index in [0.29, 0.717) is 10.8 Å². The second kappa shape index (κ2) is 3.99. The molecule has 1 aromatic carbocycles. The second-order valence-electron chi connectivity index (χ2n) is 6.37. The first kappa shape index (κ1) is 12.0. The molecule has 2 aliphatic rings. The number of hydrogen-bond donors (Lipinski definition) is 1. The first-order chi connectivity index (χ1) is 8.63. The topological polar surface area (TPSA) is 21.3 Å². The minimum Gasteiger partial charge on any atom is -0.496 e. The zero-order valence-electron chi connectivity index (χ0n) is 11.7. The molecule has 2 nitrogen and oxygen atoms in total. The van der Waals surface area contributed by atoms with Crippen molar-refractivity contribution in [2.24, 2.45) is 5.41 Å². The van der Waals surface area contributed by atoms with E-state index in [1.807, 2.05) is 0 Å². The van der Waals surface area contributed by atoms with Crippen molar-refractivity contribution in [1.29, 1.82) is 0 Å². The zero-order chi connectivity index (χ0) is 12.8. The van der Waals surface area contributed by atoms with Gasteiger partial charge in [-0.1, -0.05) is 17.7 Å². The van der Waals surface area contributed by atoms with Gasteiger partial charge in [0.25, 0.3) is 0 Å². The van der Waals surface area contributed by atoms with Crippen LogP contribution in [0.15, 0.2) is 18.2 Å². The Morgan fingerprint density at radius 3 is 2.56 bits per heavy atom. The molecule has 0 saturated heterocycles. The summed E-state index contributed by atoms with van der Waals surface area (Å²) in [5, 5.41) is 3.39. The van der Waals surface area contributed by atoms with Crippen molar-refractivity contribution in [1.82, 2.24) is 5.32 Å². The lowest BCUT2D eigenvalue weighted by Crippen LogP contribution is -2.49. The molecule has 2 fully saturated rings. The number of benzene rings is 1. The summed E-state index contributed by atoms with van der Waals surface area (Å²) >= 11 is 0. The van der Waals surface area contributed by atoms with E-state index >= 15 is 0 Å². The summed E-state index contributed by atoms with van der Waals surface area (Å²) in [5.74, 6) is 1.06. The summed E-state index contributed by atoms with van der Waals surface area (Å²) in [6, 6.07) is 6.59. The lowest BCUT2D eigenvalue weighted by Gasteiger charge is -2.50. The maximum absolute atomic E-state index is 5.59. The summed E-state index contributed by atoms with van der Waals surface area (Å²) < 4.78 is 5.59. The van der Waals surface area contributed by atoms with Crippen LogP contribution < -0.4 is 10.1 Å². The third-order valence-corrected chi connectivity index (χ3v) is 4.83. The number of aryl methyl sites for hydroxylation is 1. The molecule has 0 atom stereocenters. The van der Waals surface area contributed by atoms with Gasteiger partial charge in [-0.25, -0.2) is 0 Å². The Labute approximate surface area is 110 Å². The van der Waals surface area contributed by atoms with Crippen molar-refractivity contribution in [2.75, 3.05) is 20.7 Å². The largest absolute Gasteiger partial charge is 0.496 e. The minimum atomic E-state index is 0.308. The Morgan fingerprint density at radius 2 is 2.00 bits per heavy atom. The summed E-state index contributed by atoms with van der Waals surface area (Å²) in [4.78, 5) is 0. The van der Waals surface area contributed by atoms with Crippen LogP contribution in [0.1, 0.15) is 36.8 Å². The summed E-state index contributed by atoms with van der Waals surface area (Å²) in [6.45, 7) is 3.23. The van der Waals surface area contributed by atoms with Crippen LogP contribution >= 0.6 is 0 Å². The number of likely N-dealkylation sites (N-methyl/N-ethyl adjacent to an activating group) is 1. The van der Waals surface area contributed by atoms with Crippen LogP contribution in [0.2, 0.25) is 0 Å². The van der Waals surface area contributed by atoms with Crippen LogP contribution in [0.5, 0.6) is 5.75 Å². The predicted molar refractivity (Wildman–Crippen MR) is 74.2 cm³/mol. The second-order valence-corrected chi connectivity index (χ2v) is 6.37. The molecule has 3 rings (SSSR count). The smallest absolute Gasteiger partial charge is 0.122 e. The molecule has 2 aliphatic carbocycles. The van der Waals surface area contributed by atoms with Crippen molar-refractivity contribution in [3.05, 3.63) is 29.3 Å². The van der Waals surface area contributed by atoms with Gasteiger partial charge in [-0.2, -0.15) is 0 Å². The van der Waals surface area contributed by atoms with E-state index in [1.54, 1.807) is 7.11 Å². The van der Waals surface area contributed by atoms with Crippen LogP contribution in [0.25, 0.3) is 0 Å². The molecule has 0 bridgehead atoms. The molecule has 2 saturated carbocycles. The number of hydrogen-bond acceptors (Lipinski definition) is 2. The Bertz CT molecular complexity index is 454. The Hall–Kier alpha value is -1.02. The fraction of sp³-hybridized carbons (Fsp3) is 0.625. The molecule has 1 aromatic rings. The highest BCUT2D eigenvalue weighted by Crippen LogP contribution is 2.69. The first-order valence-corrected chi connectivity index (χ1v) is 6.93. The van der Waals surface area contributed by atoms with Gasteiger partial charge in [-0.15, -0.1) is 0 Å². The molecular formula is C16H23NO. The molecule has 1 spiro atoms. The van der Waals surface area contributed by atoms with E-state index in [9.17, 15) is 0 Å². The van der Waals surface area contributed by atoms with Crippen LogP contribution in [0.4, 0.5) is 0 Å². The molecule has 18 heavy (non-hydrogen) atoms. The SMILES string of the molecule is CNCC1(c2cc(C)ccc2OC)CC2(CC2)C1. The highest BCUT2D eigenvalue weighted by atomic mass is 16.5. The van der Waals surface area contributed by atoms with Crippen molar-refractivity contribution in [3.63, 3.8) is 0 Å². The van der Waals surface area contributed by atoms with E-state index in [-0.39, 0.29) is 0 Å². The lowest BCUT2D eigenvalue weighted by molar-refractivity contribution is 0.115. The lowest BCUT2D eigenvalue weighted by atomic mass is 9.56. The third kappa shape index (κ3) is 1.74. The van der Waals surface area contributed by atoms with Gasteiger partial charge in [0.1, 0.15) is 5.75 Å². The van der Waals surface area contributed by atoms with E-state index in [2.05, 4.69) is 37.5 Å². The number of methoxy groups -OCH3 is 1. The molecule has 98 valence electrons. The van der Waals surface area contributed by atoms with E-state index < -0.39 is 0 Å². The van der Waals surface area contributed by atoms with Crippen molar-refractivity contribution in [2.45, 2.75) is 38.0 Å². The fourth-order valence-corrected chi connectivity index (χ4v) is 3.90. The first-order valence-electron chi connectivity index (χ1n) is 6.93. The van der Waals surface area contributed by atoms with Gasteiger partial charge in [0.2, 0.25) is 0 Å². The molecule has 0 amide bonds. The number of rotatable bonds is 4. The third-order valence-electron chi connectivity index (χ3n) is 4.83. The Balaban J connectivity index is 1.97. The van der Waals surface area contributed by atoms with Gasteiger partial charge >= 0.3 is 0 Å². The Kier molecular flexibility index (Phi) is 2.67. The molecule has 1 N–H and O–H groups in total. The zero-order valence-corrected chi connectivity index (χ0v) is 11.7. The van der Waals surface area contributed by atoms with Gasteiger partial charge in [-0.05, 0) is 51.1 Å². The maximum Gasteiger partial charge on any atom is 0.122 e. The summed E-state index contributed by atoms with van der Waals surface area (Å²) in [7, 11) is 3.84. The average Bonchev–Trinajstić information content (AvgIpc) is 3.08. The number of ether oxygens (including phenoxy) is 1. The molecule has 0 unspecified atom stereocenters. The van der Waals surface area contributed by atoms with E-state index in [4.69, 9.17) is 4.74 Å². The van der Waals surface area contributed by atoms with Crippen molar-refractivity contribution < 1.29 is 4.74 Å². The summed E-state index contributed by atoms with van der Waals surface area (Å²) in [5.41, 5.74) is 3.75. The minimum absolute atomic E-state index is 0.308. The standard InChI is InChI=1S/C16H23NO/c1-12-4-5-14(18-3)13(8-12)16(11-17-2)9-15(10-16)6-7-15/h4-5,8,17H,6-7,9-11H2,1-3H3. The van der Waals surface area contributed by atoms with Gasteiger partial charge in [0, 0.05) is 17.5 Å². The fourth-order valence-electron chi connectivity index (χ4n) is 3.90. The Morgan fingerprint density at radius 1 is 1.28 bits per heavy atom. The molecule has 0 aromatic heterocycles. The van der Waals surface area contributed by atoms with Gasteiger partial charge < -0.3 is 10.1 Å². The van der Waals surface area contributed by atoms with E-state index in [0.717, 1.165) is 12.3 Å². The molecule has 0 heterocycles. The van der Waals surface area contributed by atoms with Gasteiger partial charge in [0.15, 0.2) is 0 Å². The molecular weight excluding hydrogens is 222 g/mol. The monoisotopic (exact) mass is 245 g/mol. The quantitative estimate of drug-likeness (QED) is 0.880. The van der Waals surface area contributed by atoms with Crippen LogP contribution in [-0.4, -0.2) is 20.7 Å². The molecule has 2 heteroatoms. The van der Waals surface area contributed by atoms with Crippen molar-refractivity contribution in [3.8, 4) is 5.75 Å². The normalized spacial score (nSPS) is 22.6. The maximum atomic E-state index is 5.59. The summed E-state index contributed by atoms with van der Waals surface area (Å²) in [6.07, 6.45) is 5.54. The van der Waals surface area contributed by atoms with Crippen LogP contribution in [0.3, 0.4) is 0 Å². The molecule has 0 radical (unpaired) electrons. The predicted octanol–water partition coefficient (Wildman–Crippen LogP) is 3.03. The highest BCUT2D eigenvalue weighted by Gasteiger charge is 2.61. The van der Waals surface area contributed by atoms with Gasteiger partial charge in [-0.3, -0.25) is 0 Å².